The Balaban J connectivity index is 2.12. The van der Waals surface area contributed by atoms with Crippen LogP contribution in [0.25, 0.3) is 11.0 Å². The van der Waals surface area contributed by atoms with Crippen molar-refractivity contribution in [1.29, 1.82) is 0 Å². The van der Waals surface area contributed by atoms with Gasteiger partial charge >= 0.3 is 6.09 Å². The quantitative estimate of drug-likeness (QED) is 0.840. The molecule has 2 heterocycles. The number of methoxy groups -OCH3 is 1. The fraction of sp³-hybridized carbons (Fsp3) is 0.308. The molecule has 0 fully saturated rings. The van der Waals surface area contributed by atoms with E-state index in [1.54, 1.807) is 7.11 Å². The molecule has 94 valence electrons. The third-order valence-electron chi connectivity index (χ3n) is 3.32. The lowest BCUT2D eigenvalue weighted by atomic mass is 10.0. The third kappa shape index (κ3) is 1.51. The molecule has 0 saturated heterocycles. The largest absolute Gasteiger partial charge is 0.493 e. The summed E-state index contributed by atoms with van der Waals surface area (Å²) in [6.45, 7) is 0.816. The summed E-state index contributed by atoms with van der Waals surface area (Å²) in [5.41, 5.74) is 1.80. The van der Waals surface area contributed by atoms with Gasteiger partial charge in [0, 0.05) is 17.5 Å². The molecule has 1 aliphatic heterocycles. The third-order valence-corrected chi connectivity index (χ3v) is 3.32. The maximum Gasteiger partial charge on any atom is 0.407 e. The average Bonchev–Trinajstić information content (AvgIpc) is 2.75. The number of benzene rings is 1. The van der Waals surface area contributed by atoms with Crippen LogP contribution in [0, 0.1) is 0 Å². The van der Waals surface area contributed by atoms with E-state index in [1.165, 1.54) is 4.90 Å². The molecule has 0 atom stereocenters. The molecule has 0 spiro atoms. The molecule has 1 aliphatic rings. The minimum absolute atomic E-state index is 0.308. The topological polar surface area (TPSA) is 62.9 Å². The fourth-order valence-corrected chi connectivity index (χ4v) is 2.42. The van der Waals surface area contributed by atoms with Crippen LogP contribution in [0.2, 0.25) is 0 Å². The second kappa shape index (κ2) is 3.94. The first-order chi connectivity index (χ1) is 8.70. The van der Waals surface area contributed by atoms with Gasteiger partial charge in [-0.3, -0.25) is 0 Å². The molecule has 3 rings (SSSR count). The average molecular weight is 247 g/mol. The molecule has 1 aromatic carbocycles. The summed E-state index contributed by atoms with van der Waals surface area (Å²) in [5, 5.41) is 10.0. The monoisotopic (exact) mass is 247 g/mol. The summed E-state index contributed by atoms with van der Waals surface area (Å²) in [4.78, 5) is 12.3. The molecule has 1 amide bonds. The standard InChI is InChI=1S/C13H13NO4/c1-17-10-4-2-3-9-8-5-6-14(13(15)16)7-11(8)18-12(9)10/h2-4H,5-7H2,1H3,(H,15,16). The number of rotatable bonds is 1. The zero-order valence-electron chi connectivity index (χ0n) is 9.97. The van der Waals surface area contributed by atoms with Crippen molar-refractivity contribution in [1.82, 2.24) is 4.90 Å². The van der Waals surface area contributed by atoms with Crippen molar-refractivity contribution in [2.24, 2.45) is 0 Å². The molecule has 0 aliphatic carbocycles. The van der Waals surface area contributed by atoms with Crippen LogP contribution in [0.4, 0.5) is 4.79 Å². The molecule has 5 nitrogen and oxygen atoms in total. The summed E-state index contributed by atoms with van der Waals surface area (Å²) in [6.07, 6.45) is -0.227. The highest BCUT2D eigenvalue weighted by Gasteiger charge is 2.26. The smallest absolute Gasteiger partial charge is 0.407 e. The van der Waals surface area contributed by atoms with Gasteiger partial charge in [-0.2, -0.15) is 0 Å². The van der Waals surface area contributed by atoms with E-state index in [0.717, 1.165) is 16.7 Å². The molecule has 2 aromatic rings. The van der Waals surface area contributed by atoms with E-state index in [0.29, 0.717) is 30.8 Å². The highest BCUT2D eigenvalue weighted by atomic mass is 16.5. The lowest BCUT2D eigenvalue weighted by Crippen LogP contribution is -2.34. The second-order valence-electron chi connectivity index (χ2n) is 4.29. The minimum Gasteiger partial charge on any atom is -0.493 e. The van der Waals surface area contributed by atoms with E-state index in [9.17, 15) is 4.79 Å². The first-order valence-electron chi connectivity index (χ1n) is 5.76. The van der Waals surface area contributed by atoms with Gasteiger partial charge in [0.1, 0.15) is 5.76 Å². The van der Waals surface area contributed by atoms with Crippen LogP contribution in [0.15, 0.2) is 22.6 Å². The number of carbonyl (C=O) groups is 1. The number of amides is 1. The molecular weight excluding hydrogens is 234 g/mol. The van der Waals surface area contributed by atoms with Crippen molar-refractivity contribution >= 4 is 17.1 Å². The van der Waals surface area contributed by atoms with Gasteiger partial charge in [0.25, 0.3) is 0 Å². The Morgan fingerprint density at radius 1 is 1.50 bits per heavy atom. The Labute approximate surface area is 104 Å². The Morgan fingerprint density at radius 3 is 3.06 bits per heavy atom. The molecule has 0 radical (unpaired) electrons. The van der Waals surface area contributed by atoms with Crippen LogP contribution >= 0.6 is 0 Å². The van der Waals surface area contributed by atoms with E-state index in [-0.39, 0.29) is 0 Å². The number of para-hydroxylation sites is 1. The lowest BCUT2D eigenvalue weighted by Gasteiger charge is -2.22. The van der Waals surface area contributed by atoms with Gasteiger partial charge in [-0.25, -0.2) is 4.79 Å². The van der Waals surface area contributed by atoms with Gasteiger partial charge in [0.15, 0.2) is 11.3 Å². The van der Waals surface area contributed by atoms with Gasteiger partial charge in [-0.05, 0) is 12.5 Å². The summed E-state index contributed by atoms with van der Waals surface area (Å²) in [6, 6.07) is 5.74. The van der Waals surface area contributed by atoms with E-state index in [4.69, 9.17) is 14.3 Å². The van der Waals surface area contributed by atoms with E-state index in [1.807, 2.05) is 18.2 Å². The van der Waals surface area contributed by atoms with E-state index in [2.05, 4.69) is 0 Å². The number of furan rings is 1. The van der Waals surface area contributed by atoms with E-state index >= 15 is 0 Å². The molecule has 0 bridgehead atoms. The van der Waals surface area contributed by atoms with Gasteiger partial charge in [0.2, 0.25) is 0 Å². The number of fused-ring (bicyclic) bond motifs is 3. The van der Waals surface area contributed by atoms with Crippen molar-refractivity contribution in [2.45, 2.75) is 13.0 Å². The molecule has 1 aromatic heterocycles. The normalized spacial score (nSPS) is 14.6. The first kappa shape index (κ1) is 11.0. The summed E-state index contributed by atoms with van der Waals surface area (Å²) in [7, 11) is 1.60. The Morgan fingerprint density at radius 2 is 2.33 bits per heavy atom. The molecule has 18 heavy (non-hydrogen) atoms. The van der Waals surface area contributed by atoms with Crippen molar-refractivity contribution in [2.75, 3.05) is 13.7 Å². The van der Waals surface area contributed by atoms with E-state index < -0.39 is 6.09 Å². The summed E-state index contributed by atoms with van der Waals surface area (Å²) < 4.78 is 11.0. The maximum atomic E-state index is 11.0. The van der Waals surface area contributed by atoms with Gasteiger partial charge in [-0.1, -0.05) is 12.1 Å². The fourth-order valence-electron chi connectivity index (χ4n) is 2.42. The first-order valence-corrected chi connectivity index (χ1v) is 5.76. The number of ether oxygens (including phenoxy) is 1. The SMILES string of the molecule is COc1cccc2c3c(oc12)CN(C(=O)O)CC3. The van der Waals surface area contributed by atoms with Crippen molar-refractivity contribution in [3.8, 4) is 5.75 Å². The van der Waals surface area contributed by atoms with Crippen LogP contribution in [0.3, 0.4) is 0 Å². The van der Waals surface area contributed by atoms with Crippen molar-refractivity contribution < 1.29 is 19.1 Å². The number of hydrogen-bond acceptors (Lipinski definition) is 3. The predicted molar refractivity (Wildman–Crippen MR) is 64.9 cm³/mol. The number of carboxylic acid groups (broad SMARTS) is 1. The summed E-state index contributed by atoms with van der Waals surface area (Å²) in [5.74, 6) is 1.41. The predicted octanol–water partition coefficient (Wildman–Crippen LogP) is 2.48. The van der Waals surface area contributed by atoms with Crippen LogP contribution in [0.5, 0.6) is 5.75 Å². The number of hydrogen-bond donors (Lipinski definition) is 1. The highest BCUT2D eigenvalue weighted by molar-refractivity contribution is 5.87. The van der Waals surface area contributed by atoms with Crippen LogP contribution < -0.4 is 4.74 Å². The zero-order chi connectivity index (χ0) is 12.7. The lowest BCUT2D eigenvalue weighted by molar-refractivity contribution is 0.135. The number of nitrogens with zero attached hydrogens (tertiary/aromatic N) is 1. The van der Waals surface area contributed by atoms with Crippen molar-refractivity contribution in [3.63, 3.8) is 0 Å². The highest BCUT2D eigenvalue weighted by Crippen LogP contribution is 2.35. The maximum absolute atomic E-state index is 11.0. The van der Waals surface area contributed by atoms with Crippen molar-refractivity contribution in [3.05, 3.63) is 29.5 Å². The van der Waals surface area contributed by atoms with Gasteiger partial charge in [0.05, 0.1) is 13.7 Å². The Hall–Kier alpha value is -2.17. The molecular formula is C13H13NO4. The zero-order valence-corrected chi connectivity index (χ0v) is 9.97. The van der Waals surface area contributed by atoms with Crippen LogP contribution in [0.1, 0.15) is 11.3 Å². The Kier molecular flexibility index (Phi) is 2.40. The Bertz CT molecular complexity index is 617. The molecule has 0 saturated carbocycles. The molecule has 0 unspecified atom stereocenters. The van der Waals surface area contributed by atoms with Crippen LogP contribution in [-0.2, 0) is 13.0 Å². The van der Waals surface area contributed by atoms with Crippen LogP contribution in [-0.4, -0.2) is 29.8 Å². The summed E-state index contributed by atoms with van der Waals surface area (Å²) >= 11 is 0. The second-order valence-corrected chi connectivity index (χ2v) is 4.29. The molecule has 5 heteroatoms. The van der Waals surface area contributed by atoms with Gasteiger partial charge < -0.3 is 19.2 Å². The van der Waals surface area contributed by atoms with Gasteiger partial charge in [-0.15, -0.1) is 0 Å². The minimum atomic E-state index is -0.909. The molecule has 1 N–H and O–H groups in total.